The highest BCUT2D eigenvalue weighted by Gasteiger charge is 2.34. The van der Waals surface area contributed by atoms with Gasteiger partial charge in [-0.15, -0.1) is 0 Å². The van der Waals surface area contributed by atoms with Crippen molar-refractivity contribution in [3.63, 3.8) is 0 Å². The zero-order chi connectivity index (χ0) is 19.3. The molecule has 1 N–H and O–H groups in total. The number of hydrogen-bond donors (Lipinski definition) is 1. The van der Waals surface area contributed by atoms with Gasteiger partial charge in [-0.2, -0.15) is 17.0 Å². The van der Waals surface area contributed by atoms with Crippen molar-refractivity contribution in [2.75, 3.05) is 27.2 Å². The summed E-state index contributed by atoms with van der Waals surface area (Å²) in [6.45, 7) is 4.98. The Labute approximate surface area is 157 Å². The Balaban J connectivity index is 2.09. The maximum atomic E-state index is 12.9. The summed E-state index contributed by atoms with van der Waals surface area (Å²) >= 11 is 0. The van der Waals surface area contributed by atoms with E-state index in [1.54, 1.807) is 0 Å². The van der Waals surface area contributed by atoms with E-state index in [1.165, 1.54) is 22.7 Å². The molecular formula is C19H31N3O3S. The van der Waals surface area contributed by atoms with Crippen LogP contribution in [0.15, 0.2) is 30.3 Å². The highest BCUT2D eigenvalue weighted by Crippen LogP contribution is 2.24. The number of amides is 1. The molecular weight excluding hydrogens is 350 g/mol. The van der Waals surface area contributed by atoms with Crippen LogP contribution < -0.4 is 5.32 Å². The molecule has 1 fully saturated rings. The minimum absolute atomic E-state index is 0.0514. The Morgan fingerprint density at radius 1 is 1.27 bits per heavy atom. The van der Waals surface area contributed by atoms with Crippen LogP contribution in [0.25, 0.3) is 0 Å². The molecule has 26 heavy (non-hydrogen) atoms. The lowest BCUT2D eigenvalue weighted by Crippen LogP contribution is -2.49. The number of hydrogen-bond acceptors (Lipinski definition) is 3. The summed E-state index contributed by atoms with van der Waals surface area (Å²) < 4.78 is 27.4. The third-order valence-corrected chi connectivity index (χ3v) is 6.68. The van der Waals surface area contributed by atoms with Gasteiger partial charge in [0, 0.05) is 27.2 Å². The molecule has 146 valence electrons. The standard InChI is InChI=1S/C19H31N3O3S/c1-15(2)13-18(16-9-6-5-7-10-16)20-19(23)17-11-8-12-22(14-17)26(24,25)21(3)4/h5-7,9-10,15,17-18H,8,11-14H2,1-4H3,(H,20,23)/t17-,18-/m1/s1. The van der Waals surface area contributed by atoms with Gasteiger partial charge in [-0.25, -0.2) is 0 Å². The molecule has 1 heterocycles. The Bertz CT molecular complexity index is 689. The van der Waals surface area contributed by atoms with E-state index in [4.69, 9.17) is 0 Å². The molecule has 1 aromatic carbocycles. The predicted octanol–water partition coefficient (Wildman–Crippen LogP) is 2.41. The van der Waals surface area contributed by atoms with E-state index in [9.17, 15) is 13.2 Å². The number of carbonyl (C=O) groups is 1. The zero-order valence-corrected chi connectivity index (χ0v) is 17.0. The average molecular weight is 382 g/mol. The summed E-state index contributed by atoms with van der Waals surface area (Å²) in [6.07, 6.45) is 2.27. The molecule has 0 spiro atoms. The highest BCUT2D eigenvalue weighted by atomic mass is 32.2. The summed E-state index contributed by atoms with van der Waals surface area (Å²) in [6, 6.07) is 9.91. The lowest BCUT2D eigenvalue weighted by molar-refractivity contribution is -0.127. The highest BCUT2D eigenvalue weighted by molar-refractivity contribution is 7.86. The topological polar surface area (TPSA) is 69.7 Å². The second-order valence-corrected chi connectivity index (χ2v) is 9.73. The van der Waals surface area contributed by atoms with Crippen molar-refractivity contribution in [3.8, 4) is 0 Å². The van der Waals surface area contributed by atoms with E-state index in [1.807, 2.05) is 30.3 Å². The number of nitrogens with zero attached hydrogens (tertiary/aromatic N) is 2. The molecule has 1 aliphatic heterocycles. The van der Waals surface area contributed by atoms with Crippen LogP contribution in [0.5, 0.6) is 0 Å². The molecule has 1 saturated heterocycles. The molecule has 0 radical (unpaired) electrons. The first kappa shape index (κ1) is 20.9. The van der Waals surface area contributed by atoms with Gasteiger partial charge in [0.05, 0.1) is 12.0 Å². The SMILES string of the molecule is CC(C)C[C@@H](NC(=O)[C@@H]1CCCN(S(=O)(=O)N(C)C)C1)c1ccccc1. The van der Waals surface area contributed by atoms with E-state index < -0.39 is 10.2 Å². The minimum Gasteiger partial charge on any atom is -0.349 e. The first-order valence-corrected chi connectivity index (χ1v) is 10.6. The molecule has 0 aliphatic carbocycles. The number of carbonyl (C=O) groups excluding carboxylic acids is 1. The molecule has 0 bridgehead atoms. The lowest BCUT2D eigenvalue weighted by Gasteiger charge is -2.33. The fourth-order valence-electron chi connectivity index (χ4n) is 3.32. The molecule has 0 unspecified atom stereocenters. The van der Waals surface area contributed by atoms with Gasteiger partial charge in [0.15, 0.2) is 0 Å². The molecule has 1 amide bonds. The smallest absolute Gasteiger partial charge is 0.281 e. The predicted molar refractivity (Wildman–Crippen MR) is 104 cm³/mol. The van der Waals surface area contributed by atoms with Crippen molar-refractivity contribution in [2.45, 2.75) is 39.2 Å². The largest absolute Gasteiger partial charge is 0.349 e. The summed E-state index contributed by atoms with van der Waals surface area (Å²) in [4.78, 5) is 12.9. The lowest BCUT2D eigenvalue weighted by atomic mass is 9.94. The number of benzene rings is 1. The van der Waals surface area contributed by atoms with E-state index in [-0.39, 0.29) is 24.4 Å². The van der Waals surface area contributed by atoms with Crippen LogP contribution in [-0.4, -0.2) is 50.1 Å². The molecule has 2 atom stereocenters. The van der Waals surface area contributed by atoms with Crippen molar-refractivity contribution in [2.24, 2.45) is 11.8 Å². The summed E-state index contributed by atoms with van der Waals surface area (Å²) in [7, 11) is -0.438. The Morgan fingerprint density at radius 2 is 1.92 bits per heavy atom. The molecule has 6 nitrogen and oxygen atoms in total. The minimum atomic E-state index is -3.48. The van der Waals surface area contributed by atoms with E-state index in [0.717, 1.165) is 12.0 Å². The third-order valence-electron chi connectivity index (χ3n) is 4.77. The van der Waals surface area contributed by atoms with Gasteiger partial charge in [0.2, 0.25) is 5.91 Å². The maximum Gasteiger partial charge on any atom is 0.281 e. The normalized spacial score (nSPS) is 20.3. The number of nitrogens with one attached hydrogen (secondary N) is 1. The van der Waals surface area contributed by atoms with Gasteiger partial charge in [-0.05, 0) is 30.7 Å². The summed E-state index contributed by atoms with van der Waals surface area (Å²) in [5.74, 6) is 0.0764. The van der Waals surface area contributed by atoms with Crippen LogP contribution in [0.1, 0.15) is 44.7 Å². The molecule has 1 aliphatic rings. The van der Waals surface area contributed by atoms with Crippen molar-refractivity contribution < 1.29 is 13.2 Å². The van der Waals surface area contributed by atoms with Gasteiger partial charge < -0.3 is 5.32 Å². The van der Waals surface area contributed by atoms with Gasteiger partial charge in [0.25, 0.3) is 10.2 Å². The van der Waals surface area contributed by atoms with E-state index in [0.29, 0.717) is 25.3 Å². The van der Waals surface area contributed by atoms with Crippen LogP contribution in [0.4, 0.5) is 0 Å². The molecule has 7 heteroatoms. The van der Waals surface area contributed by atoms with Crippen molar-refractivity contribution in [1.29, 1.82) is 0 Å². The van der Waals surface area contributed by atoms with Gasteiger partial charge in [-0.3, -0.25) is 4.79 Å². The monoisotopic (exact) mass is 381 g/mol. The molecule has 1 aromatic rings. The van der Waals surface area contributed by atoms with Crippen LogP contribution in [0.2, 0.25) is 0 Å². The van der Waals surface area contributed by atoms with E-state index in [2.05, 4.69) is 19.2 Å². The van der Waals surface area contributed by atoms with Crippen molar-refractivity contribution in [3.05, 3.63) is 35.9 Å². The van der Waals surface area contributed by atoms with Gasteiger partial charge in [0.1, 0.15) is 0 Å². The average Bonchev–Trinajstić information content (AvgIpc) is 2.61. The Morgan fingerprint density at radius 3 is 2.50 bits per heavy atom. The number of piperidine rings is 1. The fourth-order valence-corrected chi connectivity index (χ4v) is 4.51. The van der Waals surface area contributed by atoms with Crippen molar-refractivity contribution in [1.82, 2.24) is 13.9 Å². The summed E-state index contributed by atoms with van der Waals surface area (Å²) in [5.41, 5.74) is 1.09. The van der Waals surface area contributed by atoms with Crippen LogP contribution in [-0.2, 0) is 15.0 Å². The van der Waals surface area contributed by atoms with Gasteiger partial charge >= 0.3 is 0 Å². The Kier molecular flexibility index (Phi) is 7.20. The Hall–Kier alpha value is -1.44. The van der Waals surface area contributed by atoms with E-state index >= 15 is 0 Å². The van der Waals surface area contributed by atoms with Crippen LogP contribution in [0.3, 0.4) is 0 Å². The zero-order valence-electron chi connectivity index (χ0n) is 16.2. The molecule has 2 rings (SSSR count). The van der Waals surface area contributed by atoms with Gasteiger partial charge in [-0.1, -0.05) is 44.2 Å². The quantitative estimate of drug-likeness (QED) is 0.788. The second-order valence-electron chi connectivity index (χ2n) is 7.59. The first-order valence-electron chi connectivity index (χ1n) is 9.24. The second kappa shape index (κ2) is 8.97. The number of rotatable bonds is 7. The van der Waals surface area contributed by atoms with Crippen LogP contribution >= 0.6 is 0 Å². The first-order chi connectivity index (χ1) is 12.2. The van der Waals surface area contributed by atoms with Crippen molar-refractivity contribution >= 4 is 16.1 Å². The molecule has 0 saturated carbocycles. The summed E-state index contributed by atoms with van der Waals surface area (Å²) in [5, 5.41) is 3.16. The third kappa shape index (κ3) is 5.28. The van der Waals surface area contributed by atoms with Crippen LogP contribution in [0, 0.1) is 11.8 Å². The fraction of sp³-hybridized carbons (Fsp3) is 0.632. The molecule has 0 aromatic heterocycles. The maximum absolute atomic E-state index is 12.9.